The van der Waals surface area contributed by atoms with E-state index in [1.165, 1.54) is 12.8 Å². The quantitative estimate of drug-likeness (QED) is 0.614. The first-order valence-corrected chi connectivity index (χ1v) is 7.21. The van der Waals surface area contributed by atoms with Crippen molar-refractivity contribution in [3.63, 3.8) is 0 Å². The summed E-state index contributed by atoms with van der Waals surface area (Å²) in [4.78, 5) is 13.2. The maximum atomic E-state index is 11.1. The number of nitro groups is 1. The summed E-state index contributed by atoms with van der Waals surface area (Å²) >= 11 is 0. The van der Waals surface area contributed by atoms with Crippen LogP contribution in [0.25, 0.3) is 0 Å². The van der Waals surface area contributed by atoms with Gasteiger partial charge in [0.05, 0.1) is 4.92 Å². The summed E-state index contributed by atoms with van der Waals surface area (Å²) in [6, 6.07) is 5.96. The van der Waals surface area contributed by atoms with Gasteiger partial charge in [0.15, 0.2) is 0 Å². The lowest BCUT2D eigenvalue weighted by Gasteiger charge is -2.25. The second-order valence-corrected chi connectivity index (χ2v) is 5.87. The Bertz CT molecular complexity index is 484. The van der Waals surface area contributed by atoms with Crippen molar-refractivity contribution in [2.45, 2.75) is 39.3 Å². The third-order valence-electron chi connectivity index (χ3n) is 3.61. The summed E-state index contributed by atoms with van der Waals surface area (Å²) in [6.45, 7) is 6.24. The SMILES string of the molecule is CNc1c(CN(CC(C)C)C2CC2)cccc1[N+](=O)[O-]. The molecule has 1 saturated carbocycles. The fourth-order valence-electron chi connectivity index (χ4n) is 2.63. The minimum absolute atomic E-state index is 0.158. The van der Waals surface area contributed by atoms with E-state index in [1.54, 1.807) is 19.2 Å². The topological polar surface area (TPSA) is 58.4 Å². The molecule has 0 atom stereocenters. The Hall–Kier alpha value is -1.62. The highest BCUT2D eigenvalue weighted by Gasteiger charge is 2.30. The minimum atomic E-state index is -0.320. The number of nitrogens with one attached hydrogen (secondary N) is 1. The van der Waals surface area contributed by atoms with Gasteiger partial charge in [-0.25, -0.2) is 0 Å². The van der Waals surface area contributed by atoms with E-state index in [-0.39, 0.29) is 10.6 Å². The standard InChI is InChI=1S/C15H23N3O2/c1-11(2)9-17(13-7-8-13)10-12-5-4-6-14(18(19)20)15(12)16-3/h4-6,11,13,16H,7-10H2,1-3H3. The molecule has 110 valence electrons. The first kappa shape index (κ1) is 14.8. The predicted octanol–water partition coefficient (Wildman–Crippen LogP) is 3.26. The number of nitro benzene ring substituents is 1. The Morgan fingerprint density at radius 1 is 1.45 bits per heavy atom. The molecule has 1 aromatic carbocycles. The molecule has 0 amide bonds. The molecule has 0 heterocycles. The van der Waals surface area contributed by atoms with Crippen molar-refractivity contribution in [2.75, 3.05) is 18.9 Å². The van der Waals surface area contributed by atoms with E-state index in [9.17, 15) is 10.1 Å². The first-order valence-electron chi connectivity index (χ1n) is 7.21. The van der Waals surface area contributed by atoms with Gasteiger partial charge in [-0.15, -0.1) is 0 Å². The predicted molar refractivity (Wildman–Crippen MR) is 80.9 cm³/mol. The molecule has 0 unspecified atom stereocenters. The molecule has 20 heavy (non-hydrogen) atoms. The highest BCUT2D eigenvalue weighted by atomic mass is 16.6. The van der Waals surface area contributed by atoms with E-state index in [4.69, 9.17) is 0 Å². The van der Waals surface area contributed by atoms with Crippen molar-refractivity contribution in [1.82, 2.24) is 4.90 Å². The van der Waals surface area contributed by atoms with Crippen LogP contribution in [0.1, 0.15) is 32.3 Å². The molecule has 5 nitrogen and oxygen atoms in total. The average Bonchev–Trinajstić information content (AvgIpc) is 3.21. The lowest BCUT2D eigenvalue weighted by molar-refractivity contribution is -0.384. The van der Waals surface area contributed by atoms with Gasteiger partial charge in [0.1, 0.15) is 5.69 Å². The van der Waals surface area contributed by atoms with Crippen LogP contribution in [0.15, 0.2) is 18.2 Å². The Morgan fingerprint density at radius 2 is 2.15 bits per heavy atom. The molecule has 0 saturated heterocycles. The van der Waals surface area contributed by atoms with E-state index in [0.717, 1.165) is 18.7 Å². The molecule has 1 aromatic rings. The van der Waals surface area contributed by atoms with Gasteiger partial charge in [-0.1, -0.05) is 26.0 Å². The maximum absolute atomic E-state index is 11.1. The van der Waals surface area contributed by atoms with Crippen LogP contribution >= 0.6 is 0 Å². The normalized spacial score (nSPS) is 14.8. The maximum Gasteiger partial charge on any atom is 0.292 e. The molecule has 0 spiro atoms. The van der Waals surface area contributed by atoms with Gasteiger partial charge in [0, 0.05) is 32.2 Å². The Morgan fingerprint density at radius 3 is 2.65 bits per heavy atom. The van der Waals surface area contributed by atoms with Crippen LogP contribution in [0.3, 0.4) is 0 Å². The van der Waals surface area contributed by atoms with E-state index >= 15 is 0 Å². The lowest BCUT2D eigenvalue weighted by Crippen LogP contribution is -2.29. The highest BCUT2D eigenvalue weighted by Crippen LogP contribution is 2.33. The molecule has 0 aliphatic heterocycles. The van der Waals surface area contributed by atoms with Crippen molar-refractivity contribution < 1.29 is 4.92 Å². The third kappa shape index (κ3) is 3.48. The van der Waals surface area contributed by atoms with Crippen molar-refractivity contribution in [2.24, 2.45) is 5.92 Å². The molecular weight excluding hydrogens is 254 g/mol. The molecule has 0 bridgehead atoms. The molecule has 0 radical (unpaired) electrons. The zero-order valence-corrected chi connectivity index (χ0v) is 12.4. The van der Waals surface area contributed by atoms with Crippen LogP contribution in [0.5, 0.6) is 0 Å². The summed E-state index contributed by atoms with van der Waals surface area (Å²) in [7, 11) is 1.75. The van der Waals surface area contributed by atoms with Crippen LogP contribution < -0.4 is 5.32 Å². The Balaban J connectivity index is 2.22. The first-order chi connectivity index (χ1) is 9.52. The van der Waals surface area contributed by atoms with Gasteiger partial charge in [0.2, 0.25) is 0 Å². The van der Waals surface area contributed by atoms with Crippen molar-refractivity contribution in [1.29, 1.82) is 0 Å². The van der Waals surface area contributed by atoms with Crippen molar-refractivity contribution in [3.8, 4) is 0 Å². The molecule has 5 heteroatoms. The van der Waals surface area contributed by atoms with Crippen molar-refractivity contribution >= 4 is 11.4 Å². The van der Waals surface area contributed by atoms with Crippen LogP contribution in [0.4, 0.5) is 11.4 Å². The Labute approximate surface area is 120 Å². The van der Waals surface area contributed by atoms with Gasteiger partial charge in [-0.2, -0.15) is 0 Å². The monoisotopic (exact) mass is 277 g/mol. The van der Waals surface area contributed by atoms with Crippen LogP contribution in [-0.4, -0.2) is 29.5 Å². The van der Waals surface area contributed by atoms with E-state index in [0.29, 0.717) is 17.6 Å². The van der Waals surface area contributed by atoms with Crippen LogP contribution in [0, 0.1) is 16.0 Å². The molecular formula is C15H23N3O2. The summed E-state index contributed by atoms with van der Waals surface area (Å²) in [6.07, 6.45) is 2.49. The molecule has 0 aromatic heterocycles. The average molecular weight is 277 g/mol. The molecule has 1 aliphatic carbocycles. The van der Waals surface area contributed by atoms with Gasteiger partial charge in [-0.3, -0.25) is 15.0 Å². The zero-order valence-electron chi connectivity index (χ0n) is 12.4. The number of para-hydroxylation sites is 1. The van der Waals surface area contributed by atoms with Gasteiger partial charge in [-0.05, 0) is 24.3 Å². The summed E-state index contributed by atoms with van der Waals surface area (Å²) < 4.78 is 0. The van der Waals surface area contributed by atoms with Gasteiger partial charge >= 0.3 is 0 Å². The smallest absolute Gasteiger partial charge is 0.292 e. The number of nitrogens with zero attached hydrogens (tertiary/aromatic N) is 2. The van der Waals surface area contributed by atoms with E-state index in [1.807, 2.05) is 6.07 Å². The molecule has 1 N–H and O–H groups in total. The van der Waals surface area contributed by atoms with E-state index < -0.39 is 0 Å². The molecule has 1 fully saturated rings. The summed E-state index contributed by atoms with van der Waals surface area (Å²) in [5, 5.41) is 14.1. The largest absolute Gasteiger partial charge is 0.382 e. The fourth-order valence-corrected chi connectivity index (χ4v) is 2.63. The second-order valence-electron chi connectivity index (χ2n) is 5.87. The summed E-state index contributed by atoms with van der Waals surface area (Å²) in [5.41, 5.74) is 1.81. The minimum Gasteiger partial charge on any atom is -0.382 e. The number of benzene rings is 1. The number of hydrogen-bond acceptors (Lipinski definition) is 4. The Kier molecular flexibility index (Phi) is 4.60. The number of rotatable bonds is 7. The van der Waals surface area contributed by atoms with Crippen LogP contribution in [0.2, 0.25) is 0 Å². The van der Waals surface area contributed by atoms with Gasteiger partial charge < -0.3 is 5.32 Å². The van der Waals surface area contributed by atoms with E-state index in [2.05, 4.69) is 24.1 Å². The van der Waals surface area contributed by atoms with Crippen LogP contribution in [-0.2, 0) is 6.54 Å². The van der Waals surface area contributed by atoms with Crippen molar-refractivity contribution in [3.05, 3.63) is 33.9 Å². The fraction of sp³-hybridized carbons (Fsp3) is 0.600. The third-order valence-corrected chi connectivity index (χ3v) is 3.61. The zero-order chi connectivity index (χ0) is 14.7. The summed E-state index contributed by atoms with van der Waals surface area (Å²) in [5.74, 6) is 0.604. The highest BCUT2D eigenvalue weighted by molar-refractivity contribution is 5.66. The lowest BCUT2D eigenvalue weighted by atomic mass is 10.1. The number of hydrogen-bond donors (Lipinski definition) is 1. The molecule has 1 aliphatic rings. The molecule has 2 rings (SSSR count). The number of anilines is 1. The second kappa shape index (κ2) is 6.22. The van der Waals surface area contributed by atoms with Gasteiger partial charge in [0.25, 0.3) is 5.69 Å².